The highest BCUT2D eigenvalue weighted by molar-refractivity contribution is 7.07. The van der Waals surface area contributed by atoms with Gasteiger partial charge in [-0.25, -0.2) is 0 Å². The van der Waals surface area contributed by atoms with Crippen LogP contribution in [0.1, 0.15) is 43.1 Å². The molecule has 16 heavy (non-hydrogen) atoms. The highest BCUT2D eigenvalue weighted by atomic mass is 32.1. The van der Waals surface area contributed by atoms with Crippen molar-refractivity contribution in [3.8, 4) is 0 Å². The number of aliphatic hydroxyl groups is 1. The van der Waals surface area contributed by atoms with E-state index in [1.807, 2.05) is 23.8 Å². The average Bonchev–Trinajstić information content (AvgIpc) is 2.90. The summed E-state index contributed by atoms with van der Waals surface area (Å²) >= 11 is 1.64. The molecule has 1 unspecified atom stereocenters. The zero-order valence-electron chi connectivity index (χ0n) is 9.09. The highest BCUT2D eigenvalue weighted by Crippen LogP contribution is 2.16. The van der Waals surface area contributed by atoms with Crippen molar-refractivity contribution in [1.29, 1.82) is 0 Å². The first kappa shape index (κ1) is 11.3. The van der Waals surface area contributed by atoms with E-state index in [1.165, 1.54) is 0 Å². The summed E-state index contributed by atoms with van der Waals surface area (Å²) in [5, 5.41) is 17.5. The molecule has 2 aromatic heterocycles. The van der Waals surface area contributed by atoms with Crippen LogP contribution in [-0.4, -0.2) is 15.2 Å². The molecule has 0 amide bonds. The minimum Gasteiger partial charge on any atom is -0.385 e. The van der Waals surface area contributed by atoms with Gasteiger partial charge in [0.15, 0.2) is 5.82 Å². The molecule has 0 saturated carbocycles. The van der Waals surface area contributed by atoms with E-state index in [4.69, 9.17) is 4.52 Å². The Morgan fingerprint density at radius 2 is 2.44 bits per heavy atom. The van der Waals surface area contributed by atoms with E-state index in [1.54, 1.807) is 11.3 Å². The van der Waals surface area contributed by atoms with Crippen LogP contribution in [0.2, 0.25) is 0 Å². The third-order valence-electron chi connectivity index (χ3n) is 2.28. The molecule has 0 aromatic carbocycles. The molecule has 0 aliphatic heterocycles. The van der Waals surface area contributed by atoms with Crippen LogP contribution in [0.3, 0.4) is 0 Å². The van der Waals surface area contributed by atoms with Gasteiger partial charge in [0.05, 0.1) is 6.42 Å². The van der Waals surface area contributed by atoms with E-state index < -0.39 is 6.10 Å². The lowest BCUT2D eigenvalue weighted by Crippen LogP contribution is -1.99. The van der Waals surface area contributed by atoms with E-state index in [0.29, 0.717) is 24.6 Å². The van der Waals surface area contributed by atoms with Crippen LogP contribution >= 0.6 is 11.3 Å². The quantitative estimate of drug-likeness (QED) is 0.869. The lowest BCUT2D eigenvalue weighted by molar-refractivity contribution is 0.153. The summed E-state index contributed by atoms with van der Waals surface area (Å²) in [6, 6.07) is 2.02. The lowest BCUT2D eigenvalue weighted by Gasteiger charge is -2.01. The molecule has 2 rings (SSSR count). The Morgan fingerprint density at radius 1 is 1.56 bits per heavy atom. The van der Waals surface area contributed by atoms with Gasteiger partial charge in [0.1, 0.15) is 6.10 Å². The standard InChI is InChI=1S/C11H14N2O2S/c1-2-3-9(14)11-12-10(15-13-11)6-8-4-5-16-7-8/h4-5,7,9,14H,2-3,6H2,1H3. The maximum absolute atomic E-state index is 9.68. The molecule has 0 aliphatic carbocycles. The van der Waals surface area contributed by atoms with Crippen LogP contribution in [0.5, 0.6) is 0 Å². The number of thiophene rings is 1. The Hall–Kier alpha value is -1.20. The van der Waals surface area contributed by atoms with Crippen molar-refractivity contribution in [2.45, 2.75) is 32.3 Å². The zero-order valence-corrected chi connectivity index (χ0v) is 9.91. The molecular formula is C11H14N2O2S. The highest BCUT2D eigenvalue weighted by Gasteiger charge is 2.14. The fourth-order valence-corrected chi connectivity index (χ4v) is 2.11. The first-order chi connectivity index (χ1) is 7.79. The molecule has 0 spiro atoms. The second-order valence-corrected chi connectivity index (χ2v) is 4.44. The van der Waals surface area contributed by atoms with Gasteiger partial charge >= 0.3 is 0 Å². The van der Waals surface area contributed by atoms with Gasteiger partial charge in [-0.1, -0.05) is 18.5 Å². The molecular weight excluding hydrogens is 224 g/mol. The molecule has 0 fully saturated rings. The van der Waals surface area contributed by atoms with Gasteiger partial charge in [0.25, 0.3) is 0 Å². The lowest BCUT2D eigenvalue weighted by atomic mass is 10.2. The number of aromatic nitrogens is 2. The van der Waals surface area contributed by atoms with Crippen molar-refractivity contribution in [2.75, 3.05) is 0 Å². The first-order valence-corrected chi connectivity index (χ1v) is 6.25. The van der Waals surface area contributed by atoms with Gasteiger partial charge in [-0.05, 0) is 28.8 Å². The van der Waals surface area contributed by atoms with Crippen LogP contribution in [0, 0.1) is 0 Å². The van der Waals surface area contributed by atoms with Crippen molar-refractivity contribution in [2.24, 2.45) is 0 Å². The SMILES string of the molecule is CCCC(O)c1noc(Cc2ccsc2)n1. The van der Waals surface area contributed by atoms with E-state index in [0.717, 1.165) is 12.0 Å². The predicted molar refractivity (Wildman–Crippen MR) is 61.3 cm³/mol. The summed E-state index contributed by atoms with van der Waals surface area (Å²) in [4.78, 5) is 4.18. The van der Waals surface area contributed by atoms with Crippen LogP contribution in [-0.2, 0) is 6.42 Å². The van der Waals surface area contributed by atoms with Crippen molar-refractivity contribution in [1.82, 2.24) is 10.1 Å². The zero-order chi connectivity index (χ0) is 11.4. The summed E-state index contributed by atoms with van der Waals surface area (Å²) in [6.45, 7) is 2.01. The van der Waals surface area contributed by atoms with Gasteiger partial charge in [-0.2, -0.15) is 16.3 Å². The Morgan fingerprint density at radius 3 is 3.12 bits per heavy atom. The summed E-state index contributed by atoms with van der Waals surface area (Å²) < 4.78 is 5.09. The maximum Gasteiger partial charge on any atom is 0.231 e. The summed E-state index contributed by atoms with van der Waals surface area (Å²) in [5.74, 6) is 0.954. The van der Waals surface area contributed by atoms with Crippen LogP contribution in [0.4, 0.5) is 0 Å². The fourth-order valence-electron chi connectivity index (χ4n) is 1.45. The summed E-state index contributed by atoms with van der Waals surface area (Å²) in [7, 11) is 0. The predicted octanol–water partition coefficient (Wildman–Crippen LogP) is 2.56. The fraction of sp³-hybridized carbons (Fsp3) is 0.455. The Balaban J connectivity index is 2.02. The van der Waals surface area contributed by atoms with Gasteiger partial charge in [0.2, 0.25) is 5.89 Å². The molecule has 1 atom stereocenters. The largest absolute Gasteiger partial charge is 0.385 e. The Kier molecular flexibility index (Phi) is 3.69. The maximum atomic E-state index is 9.68. The molecule has 0 bridgehead atoms. The summed E-state index contributed by atoms with van der Waals surface area (Å²) in [5.41, 5.74) is 1.16. The third-order valence-corrected chi connectivity index (χ3v) is 3.01. The topological polar surface area (TPSA) is 59.2 Å². The average molecular weight is 238 g/mol. The molecule has 0 aliphatic rings. The molecule has 2 aromatic rings. The molecule has 4 nitrogen and oxygen atoms in total. The Labute approximate surface area is 97.9 Å². The first-order valence-electron chi connectivity index (χ1n) is 5.31. The minimum atomic E-state index is -0.607. The van der Waals surface area contributed by atoms with Crippen molar-refractivity contribution < 1.29 is 9.63 Å². The minimum absolute atomic E-state index is 0.395. The number of aliphatic hydroxyl groups excluding tert-OH is 1. The molecule has 86 valence electrons. The van der Waals surface area contributed by atoms with Crippen molar-refractivity contribution in [3.05, 3.63) is 34.1 Å². The van der Waals surface area contributed by atoms with Crippen molar-refractivity contribution >= 4 is 11.3 Å². The number of hydrogen-bond acceptors (Lipinski definition) is 5. The summed E-state index contributed by atoms with van der Waals surface area (Å²) in [6.07, 6.45) is 1.59. The molecule has 2 heterocycles. The monoisotopic (exact) mass is 238 g/mol. The van der Waals surface area contributed by atoms with Gasteiger partial charge in [0, 0.05) is 0 Å². The number of nitrogens with zero attached hydrogens (tertiary/aromatic N) is 2. The van der Waals surface area contributed by atoms with E-state index in [-0.39, 0.29) is 0 Å². The van der Waals surface area contributed by atoms with Gasteiger partial charge < -0.3 is 9.63 Å². The van der Waals surface area contributed by atoms with Gasteiger partial charge in [-0.15, -0.1) is 0 Å². The molecule has 0 saturated heterocycles. The van der Waals surface area contributed by atoms with E-state index in [9.17, 15) is 5.11 Å². The van der Waals surface area contributed by atoms with E-state index in [2.05, 4.69) is 10.1 Å². The normalized spacial score (nSPS) is 12.9. The third kappa shape index (κ3) is 2.68. The smallest absolute Gasteiger partial charge is 0.231 e. The molecule has 1 N–H and O–H groups in total. The van der Waals surface area contributed by atoms with Gasteiger partial charge in [-0.3, -0.25) is 0 Å². The Bertz CT molecular complexity index is 425. The van der Waals surface area contributed by atoms with Crippen LogP contribution in [0.25, 0.3) is 0 Å². The number of hydrogen-bond donors (Lipinski definition) is 1. The van der Waals surface area contributed by atoms with Crippen molar-refractivity contribution in [3.63, 3.8) is 0 Å². The second kappa shape index (κ2) is 5.23. The van der Waals surface area contributed by atoms with Crippen LogP contribution in [0.15, 0.2) is 21.3 Å². The number of rotatable bonds is 5. The van der Waals surface area contributed by atoms with Crippen LogP contribution < -0.4 is 0 Å². The molecule has 0 radical (unpaired) electrons. The molecule has 5 heteroatoms. The van der Waals surface area contributed by atoms with E-state index >= 15 is 0 Å². The second-order valence-electron chi connectivity index (χ2n) is 3.66.